The van der Waals surface area contributed by atoms with Gasteiger partial charge in [0, 0.05) is 5.75 Å². The van der Waals surface area contributed by atoms with Gasteiger partial charge in [-0.3, -0.25) is 0 Å². The average molecular weight is 151 g/mol. The molecule has 0 heterocycles. The van der Waals surface area contributed by atoms with Crippen LogP contribution < -0.4 is 0 Å². The fourth-order valence-electron chi connectivity index (χ4n) is 0.341. The maximum absolute atomic E-state index is 5.88. The van der Waals surface area contributed by atoms with Crippen LogP contribution in [-0.4, -0.2) is 16.9 Å². The molecule has 0 amide bonds. The Hall–Kier alpha value is 0.380. The van der Waals surface area contributed by atoms with E-state index in [0.717, 1.165) is 5.75 Å². The molecule has 0 bridgehead atoms. The van der Waals surface area contributed by atoms with E-state index in [1.165, 1.54) is 0 Å². The van der Waals surface area contributed by atoms with Gasteiger partial charge in [0.2, 0.25) is 0 Å². The third-order valence-corrected chi connectivity index (χ3v) is 2.19. The molecule has 0 nitrogen and oxygen atoms in total. The summed E-state index contributed by atoms with van der Waals surface area (Å²) < 4.78 is 0. The first-order valence-electron chi connectivity index (χ1n) is 2.44. The zero-order chi connectivity index (χ0) is 6.62. The van der Waals surface area contributed by atoms with E-state index in [2.05, 4.69) is 6.58 Å². The maximum Gasteiger partial charge on any atom is 0.0685 e. The highest BCUT2D eigenvalue weighted by Crippen LogP contribution is 2.19. The topological polar surface area (TPSA) is 0 Å². The second kappa shape index (κ2) is 3.41. The van der Waals surface area contributed by atoms with Crippen molar-refractivity contribution in [1.82, 2.24) is 0 Å². The van der Waals surface area contributed by atoms with Crippen LogP contribution >= 0.6 is 23.4 Å². The number of hydrogen-bond acceptors (Lipinski definition) is 1. The molecule has 0 rings (SSSR count). The van der Waals surface area contributed by atoms with Crippen molar-refractivity contribution in [3.8, 4) is 0 Å². The van der Waals surface area contributed by atoms with Crippen molar-refractivity contribution in [2.45, 2.75) is 11.8 Å². The Balaban J connectivity index is 3.53. The Bertz CT molecular complexity index is 78.6. The van der Waals surface area contributed by atoms with Crippen molar-refractivity contribution < 1.29 is 0 Å². The summed E-state index contributed by atoms with van der Waals surface area (Å²) in [6, 6.07) is 0. The first-order valence-corrected chi connectivity index (χ1v) is 4.21. The molecule has 0 N–H and O–H groups in total. The van der Waals surface area contributed by atoms with Crippen LogP contribution in [0.25, 0.3) is 0 Å². The number of allylic oxidation sites excluding steroid dienone is 1. The highest BCUT2D eigenvalue weighted by molar-refractivity contribution is 7.98. The van der Waals surface area contributed by atoms with Gasteiger partial charge in [-0.15, -0.1) is 18.2 Å². The van der Waals surface area contributed by atoms with Crippen LogP contribution in [0.15, 0.2) is 12.7 Å². The van der Waals surface area contributed by atoms with Gasteiger partial charge < -0.3 is 0 Å². The molecule has 2 heteroatoms. The standard InChI is InChI=1S/C6H11ClS/c1-4-6(2,7)5-8-3/h4H,1,5H2,2-3H3. The molecule has 0 saturated carbocycles. The Kier molecular flexibility index (Phi) is 3.58. The van der Waals surface area contributed by atoms with Crippen LogP contribution in [0.5, 0.6) is 0 Å². The van der Waals surface area contributed by atoms with Gasteiger partial charge in [0.15, 0.2) is 0 Å². The number of thioether (sulfide) groups is 1. The summed E-state index contributed by atoms with van der Waals surface area (Å²) in [6.07, 6.45) is 3.80. The van der Waals surface area contributed by atoms with Gasteiger partial charge in [-0.25, -0.2) is 0 Å². The molecule has 48 valence electrons. The fraction of sp³-hybridized carbons (Fsp3) is 0.667. The molecule has 8 heavy (non-hydrogen) atoms. The van der Waals surface area contributed by atoms with E-state index in [1.807, 2.05) is 13.2 Å². The highest BCUT2D eigenvalue weighted by Gasteiger charge is 2.13. The van der Waals surface area contributed by atoms with Crippen molar-refractivity contribution in [2.75, 3.05) is 12.0 Å². The molecule has 0 saturated heterocycles. The van der Waals surface area contributed by atoms with Crippen LogP contribution in [0.1, 0.15) is 6.92 Å². The minimum Gasteiger partial charge on any atom is -0.163 e. The summed E-state index contributed by atoms with van der Waals surface area (Å²) in [5.41, 5.74) is 0. The molecule has 0 radical (unpaired) electrons. The lowest BCUT2D eigenvalue weighted by Gasteiger charge is -2.13. The van der Waals surface area contributed by atoms with Crippen molar-refractivity contribution in [3.05, 3.63) is 12.7 Å². The monoisotopic (exact) mass is 150 g/mol. The minimum absolute atomic E-state index is 0.209. The van der Waals surface area contributed by atoms with Crippen LogP contribution in [-0.2, 0) is 0 Å². The number of hydrogen-bond donors (Lipinski definition) is 0. The third kappa shape index (κ3) is 3.39. The van der Waals surface area contributed by atoms with E-state index in [-0.39, 0.29) is 4.87 Å². The molecular weight excluding hydrogens is 140 g/mol. The maximum atomic E-state index is 5.88. The van der Waals surface area contributed by atoms with Crippen LogP contribution in [0, 0.1) is 0 Å². The molecule has 0 aromatic rings. The molecule has 0 aliphatic carbocycles. The molecule has 0 fully saturated rings. The van der Waals surface area contributed by atoms with Gasteiger partial charge in [0.05, 0.1) is 4.87 Å². The zero-order valence-corrected chi connectivity index (χ0v) is 6.85. The quantitative estimate of drug-likeness (QED) is 0.440. The lowest BCUT2D eigenvalue weighted by molar-refractivity contribution is 0.902. The summed E-state index contributed by atoms with van der Waals surface area (Å²) in [7, 11) is 0. The van der Waals surface area contributed by atoms with Crippen LogP contribution in [0.4, 0.5) is 0 Å². The Morgan fingerprint density at radius 3 is 2.50 bits per heavy atom. The number of alkyl halides is 1. The van der Waals surface area contributed by atoms with Crippen molar-refractivity contribution in [1.29, 1.82) is 0 Å². The second-order valence-electron chi connectivity index (χ2n) is 1.92. The Labute approximate surface area is 60.3 Å². The van der Waals surface area contributed by atoms with Gasteiger partial charge in [0.1, 0.15) is 0 Å². The summed E-state index contributed by atoms with van der Waals surface area (Å²) >= 11 is 7.61. The summed E-state index contributed by atoms with van der Waals surface area (Å²) in [5, 5.41) is 0. The Morgan fingerprint density at radius 1 is 1.88 bits per heavy atom. The lowest BCUT2D eigenvalue weighted by atomic mass is 10.2. The first kappa shape index (κ1) is 8.38. The summed E-state index contributed by atoms with van der Waals surface area (Å²) in [6.45, 7) is 5.56. The SMILES string of the molecule is C=CC(C)(Cl)CSC. The lowest BCUT2D eigenvalue weighted by Crippen LogP contribution is -2.14. The molecule has 1 atom stereocenters. The summed E-state index contributed by atoms with van der Waals surface area (Å²) in [5.74, 6) is 0.929. The molecule has 0 aliphatic rings. The van der Waals surface area contributed by atoms with Gasteiger partial charge in [-0.1, -0.05) is 6.08 Å². The van der Waals surface area contributed by atoms with E-state index < -0.39 is 0 Å². The number of halogens is 1. The van der Waals surface area contributed by atoms with E-state index >= 15 is 0 Å². The average Bonchev–Trinajstić information content (AvgIpc) is 1.67. The van der Waals surface area contributed by atoms with Gasteiger partial charge in [0.25, 0.3) is 0 Å². The predicted octanol–water partition coefficient (Wildman–Crippen LogP) is 2.53. The molecule has 0 spiro atoms. The largest absolute Gasteiger partial charge is 0.163 e. The van der Waals surface area contributed by atoms with E-state index in [4.69, 9.17) is 11.6 Å². The molecular formula is C6H11ClS. The molecule has 0 aromatic heterocycles. The van der Waals surface area contributed by atoms with Crippen LogP contribution in [0.2, 0.25) is 0 Å². The van der Waals surface area contributed by atoms with E-state index in [1.54, 1.807) is 17.8 Å². The molecule has 1 unspecified atom stereocenters. The molecule has 0 aliphatic heterocycles. The van der Waals surface area contributed by atoms with Crippen molar-refractivity contribution >= 4 is 23.4 Å². The van der Waals surface area contributed by atoms with E-state index in [0.29, 0.717) is 0 Å². The molecule has 0 aromatic carbocycles. The van der Waals surface area contributed by atoms with Gasteiger partial charge in [-0.05, 0) is 13.2 Å². The number of rotatable bonds is 3. The smallest absolute Gasteiger partial charge is 0.0685 e. The van der Waals surface area contributed by atoms with Gasteiger partial charge in [-0.2, -0.15) is 11.8 Å². The highest BCUT2D eigenvalue weighted by atomic mass is 35.5. The van der Waals surface area contributed by atoms with E-state index in [9.17, 15) is 0 Å². The first-order chi connectivity index (χ1) is 3.62. The zero-order valence-electron chi connectivity index (χ0n) is 5.28. The normalized spacial score (nSPS) is 17.4. The van der Waals surface area contributed by atoms with Gasteiger partial charge >= 0.3 is 0 Å². The predicted molar refractivity (Wildman–Crippen MR) is 42.8 cm³/mol. The van der Waals surface area contributed by atoms with Crippen molar-refractivity contribution in [3.63, 3.8) is 0 Å². The minimum atomic E-state index is -0.209. The fourth-order valence-corrected chi connectivity index (χ4v) is 1.35. The Morgan fingerprint density at radius 2 is 2.38 bits per heavy atom. The summed E-state index contributed by atoms with van der Waals surface area (Å²) in [4.78, 5) is -0.209. The van der Waals surface area contributed by atoms with Crippen molar-refractivity contribution in [2.24, 2.45) is 0 Å². The second-order valence-corrected chi connectivity index (χ2v) is 3.64. The third-order valence-electron chi connectivity index (χ3n) is 0.852. The van der Waals surface area contributed by atoms with Crippen LogP contribution in [0.3, 0.4) is 0 Å².